The van der Waals surface area contributed by atoms with E-state index in [9.17, 15) is 5.11 Å². The number of likely N-dealkylation sites (N-methyl/N-ethyl adjacent to an activating group) is 1. The molecular weight excluding hydrogens is 200 g/mol. The van der Waals surface area contributed by atoms with Crippen molar-refractivity contribution in [2.24, 2.45) is 0 Å². The van der Waals surface area contributed by atoms with Gasteiger partial charge in [0.25, 0.3) is 0 Å². The highest BCUT2D eigenvalue weighted by molar-refractivity contribution is 6.25. The number of hydrogen-bond acceptors (Lipinski definition) is 3. The maximum Gasteiger partial charge on any atom is 0.0682 e. The third-order valence-corrected chi connectivity index (χ3v) is 2.69. The number of hydrogen-bond donors (Lipinski definition) is 1. The Morgan fingerprint density at radius 1 is 1.57 bits per heavy atom. The van der Waals surface area contributed by atoms with E-state index in [1.807, 2.05) is 6.08 Å². The van der Waals surface area contributed by atoms with E-state index >= 15 is 0 Å². The van der Waals surface area contributed by atoms with Crippen molar-refractivity contribution in [1.82, 2.24) is 9.80 Å². The van der Waals surface area contributed by atoms with Gasteiger partial charge in [0.15, 0.2) is 0 Å². The highest BCUT2D eigenvalue weighted by Gasteiger charge is 2.29. The van der Waals surface area contributed by atoms with E-state index in [1.165, 1.54) is 5.54 Å². The minimum atomic E-state index is -0.177. The van der Waals surface area contributed by atoms with Crippen molar-refractivity contribution >= 4 is 11.6 Å². The van der Waals surface area contributed by atoms with Crippen LogP contribution in [0.2, 0.25) is 0 Å². The summed E-state index contributed by atoms with van der Waals surface area (Å²) >= 11 is 5.49. The van der Waals surface area contributed by atoms with E-state index in [0.717, 1.165) is 26.1 Å². The molecule has 0 spiro atoms. The van der Waals surface area contributed by atoms with Crippen LogP contribution in [-0.2, 0) is 0 Å². The first-order chi connectivity index (χ1) is 6.63. The number of rotatable bonds is 4. The van der Waals surface area contributed by atoms with Crippen molar-refractivity contribution in [2.45, 2.75) is 18.6 Å². The molecular formula is C10H19ClN2O. The van der Waals surface area contributed by atoms with Crippen molar-refractivity contribution < 1.29 is 5.11 Å². The van der Waals surface area contributed by atoms with Gasteiger partial charge in [0.05, 0.1) is 6.10 Å². The van der Waals surface area contributed by atoms with Crippen LogP contribution in [0.1, 0.15) is 6.42 Å². The van der Waals surface area contributed by atoms with Crippen LogP contribution in [-0.4, -0.2) is 60.8 Å². The molecule has 1 aliphatic rings. The Hall–Kier alpha value is -0.0900. The lowest BCUT2D eigenvalue weighted by Gasteiger charge is -2.25. The van der Waals surface area contributed by atoms with Crippen LogP contribution >= 0.6 is 11.6 Å². The van der Waals surface area contributed by atoms with E-state index in [0.29, 0.717) is 6.04 Å². The zero-order chi connectivity index (χ0) is 10.6. The maximum atomic E-state index is 9.56. The van der Waals surface area contributed by atoms with Crippen LogP contribution in [0.4, 0.5) is 0 Å². The summed E-state index contributed by atoms with van der Waals surface area (Å²) < 4.78 is 0. The molecule has 3 nitrogen and oxygen atoms in total. The number of likely N-dealkylation sites (tertiary alicyclic amines) is 1. The second-order valence-electron chi connectivity index (χ2n) is 4.12. The van der Waals surface area contributed by atoms with Gasteiger partial charge in [-0.3, -0.25) is 4.90 Å². The minimum absolute atomic E-state index is 0.177. The summed E-state index contributed by atoms with van der Waals surface area (Å²) in [6, 6.07) is 0.452. The van der Waals surface area contributed by atoms with Crippen LogP contribution in [0.5, 0.6) is 0 Å². The van der Waals surface area contributed by atoms with Gasteiger partial charge in [-0.25, -0.2) is 0 Å². The minimum Gasteiger partial charge on any atom is -0.392 e. The normalized spacial score (nSPS) is 29.5. The number of aliphatic hydroxyl groups excluding tert-OH is 1. The molecule has 0 radical (unpaired) electrons. The van der Waals surface area contributed by atoms with Gasteiger partial charge in [0, 0.05) is 31.2 Å². The summed E-state index contributed by atoms with van der Waals surface area (Å²) in [5.41, 5.74) is 1.54. The van der Waals surface area contributed by atoms with Crippen LogP contribution in [0.3, 0.4) is 0 Å². The monoisotopic (exact) mass is 218 g/mol. The van der Waals surface area contributed by atoms with E-state index in [1.54, 1.807) is 0 Å². The van der Waals surface area contributed by atoms with Gasteiger partial charge in [-0.1, -0.05) is 17.7 Å². The topological polar surface area (TPSA) is 26.7 Å². The highest BCUT2D eigenvalue weighted by Crippen LogP contribution is 2.18. The third-order valence-electron chi connectivity index (χ3n) is 2.51. The molecule has 1 saturated heterocycles. The molecule has 82 valence electrons. The Bertz CT molecular complexity index is 197. The molecule has 0 bridgehead atoms. The van der Waals surface area contributed by atoms with Gasteiger partial charge in [-0.15, -0.1) is 0 Å². The molecule has 0 aromatic heterocycles. The van der Waals surface area contributed by atoms with E-state index < -0.39 is 0 Å². The van der Waals surface area contributed by atoms with Crippen molar-refractivity contribution in [2.75, 3.05) is 33.7 Å². The lowest BCUT2D eigenvalue weighted by molar-refractivity contribution is 0.178. The average Bonchev–Trinajstić information content (AvgIpc) is 2.41. The molecule has 2 atom stereocenters. The third kappa shape index (κ3) is 3.58. The fourth-order valence-corrected chi connectivity index (χ4v) is 2.05. The second kappa shape index (κ2) is 5.71. The van der Waals surface area contributed by atoms with Gasteiger partial charge in [0.1, 0.15) is 0 Å². The first-order valence-corrected chi connectivity index (χ1v) is 5.39. The first-order valence-electron chi connectivity index (χ1n) is 4.95. The smallest absolute Gasteiger partial charge is 0.0682 e. The maximum absolute atomic E-state index is 9.56. The van der Waals surface area contributed by atoms with Gasteiger partial charge < -0.3 is 10.0 Å². The highest BCUT2D eigenvalue weighted by atomic mass is 35.5. The number of nitrogens with zero attached hydrogens (tertiary/aromatic N) is 2. The number of aliphatic hydroxyl groups is 1. The van der Waals surface area contributed by atoms with Crippen molar-refractivity contribution in [3.63, 3.8) is 0 Å². The van der Waals surface area contributed by atoms with E-state index in [2.05, 4.69) is 23.9 Å². The summed E-state index contributed by atoms with van der Waals surface area (Å²) in [4.78, 5) is 4.42. The molecule has 1 fully saturated rings. The fourth-order valence-electron chi connectivity index (χ4n) is 1.97. The molecule has 14 heavy (non-hydrogen) atoms. The summed E-state index contributed by atoms with van der Waals surface area (Å²) in [6.45, 7) is 2.59. The quantitative estimate of drug-likeness (QED) is 0.754. The largest absolute Gasteiger partial charge is 0.392 e. The van der Waals surface area contributed by atoms with Crippen molar-refractivity contribution in [3.8, 4) is 0 Å². The van der Waals surface area contributed by atoms with Crippen LogP contribution in [0, 0.1) is 0 Å². The molecule has 0 aromatic carbocycles. The standard InChI is InChI=1S/C10H19ClN2O/c1-12(2)7-9-6-10(14)8-13(9)5-3-4-11/h3-4,9-10,14H,5-8H2,1-2H3. The molecule has 0 saturated carbocycles. The summed E-state index contributed by atoms with van der Waals surface area (Å²) in [7, 11) is 4.11. The number of β-amino-alcohol motifs (C(OH)–C–C–N with tert-alkyl or cyclic N) is 1. The summed E-state index contributed by atoms with van der Waals surface area (Å²) in [5, 5.41) is 9.56. The van der Waals surface area contributed by atoms with Crippen LogP contribution < -0.4 is 0 Å². The van der Waals surface area contributed by atoms with Gasteiger partial charge in [-0.05, 0) is 20.5 Å². The molecule has 4 heteroatoms. The Balaban J connectivity index is 2.44. The first kappa shape index (κ1) is 12.0. The van der Waals surface area contributed by atoms with Gasteiger partial charge >= 0.3 is 0 Å². The average molecular weight is 219 g/mol. The number of halogens is 1. The van der Waals surface area contributed by atoms with E-state index in [4.69, 9.17) is 11.6 Å². The van der Waals surface area contributed by atoms with Crippen LogP contribution in [0.25, 0.3) is 0 Å². The molecule has 1 heterocycles. The Labute approximate surface area is 90.9 Å². The fraction of sp³-hybridized carbons (Fsp3) is 0.800. The van der Waals surface area contributed by atoms with Crippen molar-refractivity contribution in [1.29, 1.82) is 0 Å². The SMILES string of the molecule is CN(C)CC1CC(O)CN1CC=CCl. The predicted octanol–water partition coefficient (Wildman–Crippen LogP) is 0.736. The lowest BCUT2D eigenvalue weighted by atomic mass is 10.2. The zero-order valence-electron chi connectivity index (χ0n) is 8.86. The molecule has 0 aromatic rings. The molecule has 0 amide bonds. The van der Waals surface area contributed by atoms with Gasteiger partial charge in [-0.2, -0.15) is 0 Å². The molecule has 2 unspecified atom stereocenters. The van der Waals surface area contributed by atoms with Crippen molar-refractivity contribution in [3.05, 3.63) is 11.6 Å². The zero-order valence-corrected chi connectivity index (χ0v) is 9.61. The second-order valence-corrected chi connectivity index (χ2v) is 4.37. The molecule has 1 rings (SSSR count). The van der Waals surface area contributed by atoms with E-state index in [-0.39, 0.29) is 6.10 Å². The Kier molecular flexibility index (Phi) is 4.89. The van der Waals surface area contributed by atoms with Gasteiger partial charge in [0.2, 0.25) is 0 Å². The molecule has 0 aliphatic carbocycles. The molecule has 1 aliphatic heterocycles. The summed E-state index contributed by atoms with van der Waals surface area (Å²) in [5.74, 6) is 0. The molecule has 1 N–H and O–H groups in total. The predicted molar refractivity (Wildman–Crippen MR) is 59.5 cm³/mol. The Morgan fingerprint density at radius 2 is 2.29 bits per heavy atom. The van der Waals surface area contributed by atoms with Crippen LogP contribution in [0.15, 0.2) is 11.6 Å². The lowest BCUT2D eigenvalue weighted by Crippen LogP contribution is -2.37. The Morgan fingerprint density at radius 3 is 2.86 bits per heavy atom. The summed E-state index contributed by atoms with van der Waals surface area (Å²) in [6.07, 6.45) is 2.61.